The number of para-hydroxylation sites is 3. The van der Waals surface area contributed by atoms with Crippen molar-refractivity contribution in [3.63, 3.8) is 0 Å². The molecule has 0 aliphatic heterocycles. The number of carbonyl (C=O) groups excluding carboxylic acids is 2. The number of ether oxygens (including phenoxy) is 1. The summed E-state index contributed by atoms with van der Waals surface area (Å²) in [6, 6.07) is 24.5. The first kappa shape index (κ1) is 21.5. The maximum absolute atomic E-state index is 12.6. The third-order valence-electron chi connectivity index (χ3n) is 4.77. The number of nitrogens with zero attached hydrogens (tertiary/aromatic N) is 2. The van der Waals surface area contributed by atoms with E-state index in [1.807, 2.05) is 54.6 Å². The third kappa shape index (κ3) is 5.12. The number of nitrogens with one attached hydrogen (secondary N) is 1. The van der Waals surface area contributed by atoms with Gasteiger partial charge in [-0.15, -0.1) is 0 Å². The Hall–Kier alpha value is -3.71. The van der Waals surface area contributed by atoms with Crippen LogP contribution in [0, 0.1) is 0 Å². The van der Waals surface area contributed by atoms with Gasteiger partial charge in [0.05, 0.1) is 40.8 Å². The van der Waals surface area contributed by atoms with Crippen LogP contribution in [0.15, 0.2) is 83.9 Å². The number of methoxy groups -OCH3 is 1. The number of hydrogen-bond donors (Lipinski definition) is 1. The number of carbonyl (C=O) groups is 2. The van der Waals surface area contributed by atoms with Crippen LogP contribution in [-0.2, 0) is 16.0 Å². The van der Waals surface area contributed by atoms with Crippen molar-refractivity contribution >= 4 is 40.4 Å². The first-order valence-electron chi connectivity index (χ1n) is 10.0. The van der Waals surface area contributed by atoms with E-state index in [1.165, 1.54) is 18.9 Å². The highest BCUT2D eigenvalue weighted by Crippen LogP contribution is 2.25. The van der Waals surface area contributed by atoms with Gasteiger partial charge in [0.2, 0.25) is 5.91 Å². The maximum Gasteiger partial charge on any atom is 0.339 e. The molecule has 1 amide bonds. The molecule has 0 saturated heterocycles. The summed E-state index contributed by atoms with van der Waals surface area (Å²) in [5, 5.41) is 3.51. The lowest BCUT2D eigenvalue weighted by Crippen LogP contribution is -2.17. The summed E-state index contributed by atoms with van der Waals surface area (Å²) in [6.45, 7) is 0. The van der Waals surface area contributed by atoms with Crippen molar-refractivity contribution in [2.24, 2.45) is 0 Å². The lowest BCUT2D eigenvalue weighted by atomic mass is 10.1. The minimum Gasteiger partial charge on any atom is -0.465 e. The fraction of sp³-hybridized carbons (Fsp3) is 0.120. The molecule has 0 spiro atoms. The molecule has 4 aromatic rings. The number of amides is 1. The monoisotopic (exact) mass is 443 g/mol. The Morgan fingerprint density at radius 2 is 1.53 bits per heavy atom. The molecular weight excluding hydrogens is 422 g/mol. The van der Waals surface area contributed by atoms with Crippen LogP contribution in [0.2, 0.25) is 0 Å². The van der Waals surface area contributed by atoms with Crippen molar-refractivity contribution in [1.82, 2.24) is 9.97 Å². The first-order chi connectivity index (χ1) is 15.6. The number of rotatable bonds is 7. The fourth-order valence-electron chi connectivity index (χ4n) is 3.24. The lowest BCUT2D eigenvalue weighted by Gasteiger charge is -2.11. The van der Waals surface area contributed by atoms with E-state index >= 15 is 0 Å². The van der Waals surface area contributed by atoms with Gasteiger partial charge in [-0.05, 0) is 29.8 Å². The number of anilines is 1. The highest BCUT2D eigenvalue weighted by Gasteiger charge is 2.16. The second-order valence-electron chi connectivity index (χ2n) is 7.00. The van der Waals surface area contributed by atoms with Gasteiger partial charge in [-0.3, -0.25) is 4.79 Å². The van der Waals surface area contributed by atoms with Crippen LogP contribution in [0.3, 0.4) is 0 Å². The van der Waals surface area contributed by atoms with Crippen molar-refractivity contribution in [2.75, 3.05) is 18.2 Å². The largest absolute Gasteiger partial charge is 0.465 e. The molecule has 160 valence electrons. The molecule has 6 nitrogen and oxygen atoms in total. The molecule has 0 saturated carbocycles. The average Bonchev–Trinajstić information content (AvgIpc) is 2.83. The minimum absolute atomic E-state index is 0.129. The van der Waals surface area contributed by atoms with E-state index in [-0.39, 0.29) is 11.7 Å². The molecule has 7 heteroatoms. The van der Waals surface area contributed by atoms with Crippen molar-refractivity contribution in [2.45, 2.75) is 11.4 Å². The Balaban J connectivity index is 1.54. The molecule has 0 atom stereocenters. The number of thioether (sulfide) groups is 1. The lowest BCUT2D eigenvalue weighted by molar-refractivity contribution is -0.113. The SMILES string of the molecule is COC(=O)c1ccccc1NC(=O)CSc1nc2ccccc2nc1Cc1ccccc1. The summed E-state index contributed by atoms with van der Waals surface area (Å²) in [5.41, 5.74) is 4.27. The summed E-state index contributed by atoms with van der Waals surface area (Å²) in [6.07, 6.45) is 0.619. The smallest absolute Gasteiger partial charge is 0.339 e. The zero-order chi connectivity index (χ0) is 22.3. The first-order valence-corrected chi connectivity index (χ1v) is 11.0. The Morgan fingerprint density at radius 1 is 0.875 bits per heavy atom. The summed E-state index contributed by atoms with van der Waals surface area (Å²) >= 11 is 1.33. The van der Waals surface area contributed by atoms with Crippen LogP contribution in [0.1, 0.15) is 21.6 Å². The van der Waals surface area contributed by atoms with Crippen LogP contribution in [0.5, 0.6) is 0 Å². The number of esters is 1. The summed E-state index contributed by atoms with van der Waals surface area (Å²) < 4.78 is 4.79. The molecule has 32 heavy (non-hydrogen) atoms. The molecule has 0 bridgehead atoms. The molecular formula is C25H21N3O3S. The van der Waals surface area contributed by atoms with Gasteiger partial charge < -0.3 is 10.1 Å². The maximum atomic E-state index is 12.6. The second kappa shape index (κ2) is 10.1. The van der Waals surface area contributed by atoms with Gasteiger partial charge in [0.15, 0.2) is 0 Å². The molecule has 0 aliphatic rings. The van der Waals surface area contributed by atoms with Crippen molar-refractivity contribution in [3.05, 3.63) is 95.7 Å². The molecule has 1 aromatic heterocycles. The molecule has 0 radical (unpaired) electrons. The highest BCUT2D eigenvalue weighted by atomic mass is 32.2. The Kier molecular flexibility index (Phi) is 6.77. The molecule has 0 aliphatic carbocycles. The quantitative estimate of drug-likeness (QED) is 0.328. The van der Waals surface area contributed by atoms with Gasteiger partial charge in [-0.2, -0.15) is 0 Å². The predicted molar refractivity (Wildman–Crippen MR) is 126 cm³/mol. The van der Waals surface area contributed by atoms with Crippen LogP contribution in [0.25, 0.3) is 11.0 Å². The van der Waals surface area contributed by atoms with E-state index in [9.17, 15) is 9.59 Å². The van der Waals surface area contributed by atoms with Gasteiger partial charge in [0, 0.05) is 6.42 Å². The zero-order valence-electron chi connectivity index (χ0n) is 17.4. The second-order valence-corrected chi connectivity index (χ2v) is 7.96. The van der Waals surface area contributed by atoms with Crippen molar-refractivity contribution in [1.29, 1.82) is 0 Å². The van der Waals surface area contributed by atoms with Crippen LogP contribution >= 0.6 is 11.8 Å². The Bertz CT molecular complexity index is 1260. The number of aromatic nitrogens is 2. The summed E-state index contributed by atoms with van der Waals surface area (Å²) in [7, 11) is 1.31. The summed E-state index contributed by atoms with van der Waals surface area (Å²) in [4.78, 5) is 34.2. The van der Waals surface area contributed by atoms with E-state index in [2.05, 4.69) is 5.32 Å². The third-order valence-corrected chi connectivity index (χ3v) is 5.77. The fourth-order valence-corrected chi connectivity index (χ4v) is 4.03. The van der Waals surface area contributed by atoms with E-state index in [0.717, 1.165) is 22.3 Å². The predicted octanol–water partition coefficient (Wildman–Crippen LogP) is 4.74. The topological polar surface area (TPSA) is 81.2 Å². The van der Waals surface area contributed by atoms with Gasteiger partial charge in [-0.25, -0.2) is 14.8 Å². The molecule has 1 N–H and O–H groups in total. The average molecular weight is 444 g/mol. The van der Waals surface area contributed by atoms with E-state index in [0.29, 0.717) is 22.7 Å². The minimum atomic E-state index is -0.501. The Labute approximate surface area is 190 Å². The van der Waals surface area contributed by atoms with Crippen molar-refractivity contribution in [3.8, 4) is 0 Å². The zero-order valence-corrected chi connectivity index (χ0v) is 18.3. The summed E-state index contributed by atoms with van der Waals surface area (Å²) in [5.74, 6) is -0.615. The molecule has 0 unspecified atom stereocenters. The molecule has 0 fully saturated rings. The van der Waals surface area contributed by atoms with Gasteiger partial charge in [0.1, 0.15) is 5.03 Å². The Morgan fingerprint density at radius 3 is 2.28 bits per heavy atom. The van der Waals surface area contributed by atoms with Gasteiger partial charge in [-0.1, -0.05) is 66.4 Å². The van der Waals surface area contributed by atoms with Crippen LogP contribution in [0.4, 0.5) is 5.69 Å². The normalized spacial score (nSPS) is 10.7. The number of benzene rings is 3. The van der Waals surface area contributed by atoms with Gasteiger partial charge >= 0.3 is 5.97 Å². The highest BCUT2D eigenvalue weighted by molar-refractivity contribution is 8.00. The van der Waals surface area contributed by atoms with Crippen LogP contribution < -0.4 is 5.32 Å². The standard InChI is InChI=1S/C25H21N3O3S/c1-31-25(30)18-11-5-6-12-19(18)27-23(29)16-32-24-22(15-17-9-3-2-4-10-17)26-20-13-7-8-14-21(20)28-24/h2-14H,15-16H2,1H3,(H,27,29). The van der Waals surface area contributed by atoms with E-state index in [4.69, 9.17) is 14.7 Å². The number of fused-ring (bicyclic) bond motifs is 1. The number of hydrogen-bond acceptors (Lipinski definition) is 6. The van der Waals surface area contributed by atoms with Gasteiger partial charge in [0.25, 0.3) is 0 Å². The van der Waals surface area contributed by atoms with E-state index in [1.54, 1.807) is 24.3 Å². The molecule has 1 heterocycles. The van der Waals surface area contributed by atoms with Crippen LogP contribution in [-0.4, -0.2) is 34.7 Å². The van der Waals surface area contributed by atoms with E-state index < -0.39 is 5.97 Å². The molecule has 3 aromatic carbocycles. The molecule has 4 rings (SSSR count). The van der Waals surface area contributed by atoms with Crippen molar-refractivity contribution < 1.29 is 14.3 Å².